The first-order chi connectivity index (χ1) is 14.0. The largest absolute Gasteiger partial charge is 0.340 e. The van der Waals surface area contributed by atoms with Crippen LogP contribution in [0.1, 0.15) is 21.6 Å². The van der Waals surface area contributed by atoms with E-state index >= 15 is 0 Å². The molecule has 0 bridgehead atoms. The first kappa shape index (κ1) is 19.2. The maximum absolute atomic E-state index is 12.8. The van der Waals surface area contributed by atoms with Gasteiger partial charge in [0.2, 0.25) is 0 Å². The maximum Gasteiger partial charge on any atom is 0.288 e. The summed E-state index contributed by atoms with van der Waals surface area (Å²) in [5.41, 5.74) is 6.39. The Hall–Kier alpha value is -3.08. The third-order valence-corrected chi connectivity index (χ3v) is 5.43. The van der Waals surface area contributed by atoms with Gasteiger partial charge in [0.15, 0.2) is 0 Å². The third kappa shape index (κ3) is 3.90. The van der Waals surface area contributed by atoms with E-state index in [9.17, 15) is 4.79 Å². The van der Waals surface area contributed by atoms with E-state index < -0.39 is 0 Å². The second-order valence-electron chi connectivity index (χ2n) is 6.54. The average Bonchev–Trinajstić information content (AvgIpc) is 3.08. The molecule has 0 aliphatic heterocycles. The van der Waals surface area contributed by atoms with Gasteiger partial charge in [-0.2, -0.15) is 5.10 Å². The van der Waals surface area contributed by atoms with Crippen molar-refractivity contribution in [1.82, 2.24) is 9.99 Å². The number of nitrogens with one attached hydrogen (secondary N) is 1. The lowest BCUT2D eigenvalue weighted by atomic mass is 10.0. The molecule has 0 unspecified atom stereocenters. The number of carbonyl (C=O) groups excluding carboxylic acids is 1. The zero-order valence-corrected chi connectivity index (χ0v) is 17.1. The summed E-state index contributed by atoms with van der Waals surface area (Å²) in [6.07, 6.45) is 0. The molecule has 0 saturated heterocycles. The molecule has 0 aliphatic rings. The fourth-order valence-corrected chi connectivity index (χ4v) is 3.50. The first-order valence-corrected chi connectivity index (χ1v) is 9.73. The maximum atomic E-state index is 12.8. The summed E-state index contributed by atoms with van der Waals surface area (Å²) in [5.74, 6) is -0.294. The van der Waals surface area contributed by atoms with Crippen LogP contribution in [-0.2, 0) is 7.05 Å². The molecule has 29 heavy (non-hydrogen) atoms. The number of nitrogens with zero attached hydrogens (tertiary/aromatic N) is 2. The van der Waals surface area contributed by atoms with E-state index in [-0.39, 0.29) is 5.91 Å². The topological polar surface area (TPSA) is 46.4 Å². The monoisotopic (exact) mass is 421 g/mol. The number of hydrogen-bond acceptors (Lipinski definition) is 2. The SMILES string of the molecule is Cn1c(C(=O)N/N=C(/c2ccccc2)c2ccc(Cl)c(Cl)c2)cc2ccccc21. The highest BCUT2D eigenvalue weighted by Crippen LogP contribution is 2.24. The van der Waals surface area contributed by atoms with Crippen molar-refractivity contribution in [2.24, 2.45) is 12.1 Å². The Morgan fingerprint density at radius 2 is 1.59 bits per heavy atom. The minimum Gasteiger partial charge on any atom is -0.340 e. The van der Waals surface area contributed by atoms with Crippen LogP contribution in [0, 0.1) is 0 Å². The van der Waals surface area contributed by atoms with Crippen LogP contribution in [-0.4, -0.2) is 16.2 Å². The Bertz CT molecular complexity index is 1230. The highest BCUT2D eigenvalue weighted by Gasteiger charge is 2.14. The molecule has 0 aliphatic carbocycles. The van der Waals surface area contributed by atoms with Crippen LogP contribution < -0.4 is 5.43 Å². The van der Waals surface area contributed by atoms with Crippen molar-refractivity contribution in [2.45, 2.75) is 0 Å². The van der Waals surface area contributed by atoms with E-state index in [2.05, 4.69) is 10.5 Å². The van der Waals surface area contributed by atoms with Crippen molar-refractivity contribution >= 4 is 45.7 Å². The molecular weight excluding hydrogens is 405 g/mol. The highest BCUT2D eigenvalue weighted by atomic mass is 35.5. The van der Waals surface area contributed by atoms with E-state index in [0.29, 0.717) is 21.5 Å². The summed E-state index contributed by atoms with van der Waals surface area (Å²) in [6.45, 7) is 0. The Morgan fingerprint density at radius 3 is 2.31 bits per heavy atom. The van der Waals surface area contributed by atoms with Gasteiger partial charge in [0.05, 0.1) is 15.8 Å². The standard InChI is InChI=1S/C23H17Cl2N3O/c1-28-20-10-6-5-9-16(20)14-21(28)23(29)27-26-22(15-7-3-2-4-8-15)17-11-12-18(24)19(25)13-17/h2-14H,1H3,(H,27,29)/b26-22-. The van der Waals surface area contributed by atoms with Gasteiger partial charge in [0.1, 0.15) is 5.69 Å². The van der Waals surface area contributed by atoms with Crippen LogP contribution >= 0.6 is 23.2 Å². The summed E-state index contributed by atoms with van der Waals surface area (Å²) in [5, 5.41) is 6.31. The number of aromatic nitrogens is 1. The van der Waals surface area contributed by atoms with Crippen LogP contribution in [0.5, 0.6) is 0 Å². The predicted molar refractivity (Wildman–Crippen MR) is 119 cm³/mol. The van der Waals surface area contributed by atoms with E-state index in [1.54, 1.807) is 12.1 Å². The number of carbonyl (C=O) groups is 1. The number of para-hydroxylation sites is 1. The third-order valence-electron chi connectivity index (χ3n) is 4.69. The molecular formula is C23H17Cl2N3O. The van der Waals surface area contributed by atoms with Crippen molar-refractivity contribution in [3.05, 3.63) is 106 Å². The number of hydrazone groups is 1. The second kappa shape index (κ2) is 8.11. The van der Waals surface area contributed by atoms with Crippen LogP contribution in [0.3, 0.4) is 0 Å². The Morgan fingerprint density at radius 1 is 0.862 bits per heavy atom. The molecule has 3 aromatic carbocycles. The molecule has 1 aromatic heterocycles. The Balaban J connectivity index is 1.71. The van der Waals surface area contributed by atoms with Gasteiger partial charge in [-0.1, -0.05) is 77.8 Å². The number of fused-ring (bicyclic) bond motifs is 1. The van der Waals surface area contributed by atoms with Gasteiger partial charge in [0.25, 0.3) is 5.91 Å². The van der Waals surface area contributed by atoms with E-state index in [0.717, 1.165) is 22.0 Å². The Kier molecular flexibility index (Phi) is 5.38. The van der Waals surface area contributed by atoms with Crippen LogP contribution in [0.2, 0.25) is 10.0 Å². The summed E-state index contributed by atoms with van der Waals surface area (Å²) in [4.78, 5) is 12.8. The molecule has 1 amide bonds. The smallest absolute Gasteiger partial charge is 0.288 e. The van der Waals surface area contributed by atoms with Crippen molar-refractivity contribution in [2.75, 3.05) is 0 Å². The van der Waals surface area contributed by atoms with Crippen LogP contribution in [0.15, 0.2) is 84.0 Å². The Labute approximate surface area is 178 Å². The molecule has 6 heteroatoms. The summed E-state index contributed by atoms with van der Waals surface area (Å²) in [7, 11) is 1.86. The molecule has 0 spiro atoms. The lowest BCUT2D eigenvalue weighted by Crippen LogP contribution is -2.22. The van der Waals surface area contributed by atoms with E-state index in [1.165, 1.54) is 0 Å². The average molecular weight is 422 g/mol. The molecule has 4 nitrogen and oxygen atoms in total. The summed E-state index contributed by atoms with van der Waals surface area (Å²) < 4.78 is 1.85. The number of halogens is 2. The lowest BCUT2D eigenvalue weighted by Gasteiger charge is -2.09. The summed E-state index contributed by atoms with van der Waals surface area (Å²) >= 11 is 12.2. The fraction of sp³-hybridized carbons (Fsp3) is 0.0435. The minimum atomic E-state index is -0.294. The molecule has 0 radical (unpaired) electrons. The van der Waals surface area contributed by atoms with Crippen molar-refractivity contribution < 1.29 is 4.79 Å². The molecule has 0 fully saturated rings. The molecule has 0 atom stereocenters. The van der Waals surface area contributed by atoms with Gasteiger partial charge in [-0.25, -0.2) is 5.43 Å². The normalized spacial score (nSPS) is 11.6. The molecule has 4 rings (SSSR count). The number of hydrogen-bond donors (Lipinski definition) is 1. The van der Waals surface area contributed by atoms with Gasteiger partial charge in [-0.05, 0) is 24.3 Å². The van der Waals surface area contributed by atoms with E-state index in [4.69, 9.17) is 23.2 Å². The first-order valence-electron chi connectivity index (χ1n) is 8.98. The number of benzene rings is 3. The molecule has 0 saturated carbocycles. The molecule has 1 N–H and O–H groups in total. The zero-order chi connectivity index (χ0) is 20.4. The van der Waals surface area contributed by atoms with Gasteiger partial charge in [-0.3, -0.25) is 4.79 Å². The van der Waals surface area contributed by atoms with Crippen LogP contribution in [0.25, 0.3) is 10.9 Å². The quantitative estimate of drug-likeness (QED) is 0.335. The fourth-order valence-electron chi connectivity index (χ4n) is 3.21. The zero-order valence-electron chi connectivity index (χ0n) is 15.6. The van der Waals surface area contributed by atoms with Gasteiger partial charge in [0, 0.05) is 29.1 Å². The van der Waals surface area contributed by atoms with Gasteiger partial charge < -0.3 is 4.57 Å². The number of aryl methyl sites for hydroxylation is 1. The van der Waals surface area contributed by atoms with Gasteiger partial charge >= 0.3 is 0 Å². The minimum absolute atomic E-state index is 0.294. The molecule has 144 valence electrons. The van der Waals surface area contributed by atoms with E-state index in [1.807, 2.05) is 78.3 Å². The second-order valence-corrected chi connectivity index (χ2v) is 7.36. The highest BCUT2D eigenvalue weighted by molar-refractivity contribution is 6.42. The molecule has 1 heterocycles. The lowest BCUT2D eigenvalue weighted by molar-refractivity contribution is 0.0947. The van der Waals surface area contributed by atoms with Gasteiger partial charge in [-0.15, -0.1) is 0 Å². The number of rotatable bonds is 4. The summed E-state index contributed by atoms with van der Waals surface area (Å²) in [6, 6.07) is 24.5. The molecule has 4 aromatic rings. The van der Waals surface area contributed by atoms with Crippen molar-refractivity contribution in [3.63, 3.8) is 0 Å². The van der Waals surface area contributed by atoms with Crippen molar-refractivity contribution in [3.8, 4) is 0 Å². The van der Waals surface area contributed by atoms with Crippen LogP contribution in [0.4, 0.5) is 0 Å². The predicted octanol–water partition coefficient (Wildman–Crippen LogP) is 5.67. The number of amides is 1. The van der Waals surface area contributed by atoms with Crippen molar-refractivity contribution in [1.29, 1.82) is 0 Å².